The minimum Gasteiger partial charge on any atom is -0.503 e. The number of aliphatic hydroxyl groups excluding tert-OH is 1. The topological polar surface area (TPSA) is 97.0 Å². The van der Waals surface area contributed by atoms with Crippen LogP contribution in [0.3, 0.4) is 0 Å². The first kappa shape index (κ1) is 23.1. The van der Waals surface area contributed by atoms with Gasteiger partial charge in [0.05, 0.1) is 23.8 Å². The maximum absolute atomic E-state index is 13.7. The zero-order valence-electron chi connectivity index (χ0n) is 19.5. The number of hydrogen-bond acceptors (Lipinski definition) is 6. The van der Waals surface area contributed by atoms with Gasteiger partial charge in [0.1, 0.15) is 5.58 Å². The molecule has 0 saturated carbocycles. The molecule has 0 saturated heterocycles. The van der Waals surface area contributed by atoms with Gasteiger partial charge in [0.15, 0.2) is 11.5 Å². The molecule has 1 aliphatic heterocycles. The van der Waals surface area contributed by atoms with Crippen molar-refractivity contribution in [2.24, 2.45) is 0 Å². The molecule has 36 heavy (non-hydrogen) atoms. The molecule has 1 amide bonds. The Bertz CT molecular complexity index is 1470. The molecule has 1 atom stereocenters. The zero-order valence-corrected chi connectivity index (χ0v) is 19.5. The van der Waals surface area contributed by atoms with E-state index in [4.69, 9.17) is 9.15 Å². The number of fused-ring (bicyclic) bond motifs is 1. The van der Waals surface area contributed by atoms with Crippen LogP contribution in [0, 0.1) is 0 Å². The van der Waals surface area contributed by atoms with Gasteiger partial charge in [-0.15, -0.1) is 0 Å². The van der Waals surface area contributed by atoms with Crippen molar-refractivity contribution in [3.8, 4) is 0 Å². The van der Waals surface area contributed by atoms with E-state index in [2.05, 4.69) is 0 Å². The van der Waals surface area contributed by atoms with Crippen LogP contribution < -0.4 is 4.90 Å². The lowest BCUT2D eigenvalue weighted by Crippen LogP contribution is -2.31. The Kier molecular flexibility index (Phi) is 6.12. The number of carbonyl (C=O) groups excluding carboxylic acids is 3. The van der Waals surface area contributed by atoms with Crippen molar-refractivity contribution < 1.29 is 28.6 Å². The van der Waals surface area contributed by atoms with Crippen molar-refractivity contribution in [3.63, 3.8) is 0 Å². The first-order valence-corrected chi connectivity index (χ1v) is 11.6. The minimum atomic E-state index is -0.929. The lowest BCUT2D eigenvalue weighted by Gasteiger charge is -2.27. The molecule has 5 rings (SSSR count). The first-order valence-electron chi connectivity index (χ1n) is 11.6. The van der Waals surface area contributed by atoms with Crippen molar-refractivity contribution in [1.82, 2.24) is 0 Å². The molecule has 0 aliphatic carbocycles. The zero-order chi connectivity index (χ0) is 25.2. The van der Waals surface area contributed by atoms with Crippen molar-refractivity contribution in [2.45, 2.75) is 19.4 Å². The Balaban J connectivity index is 1.59. The summed E-state index contributed by atoms with van der Waals surface area (Å²) in [6.45, 7) is 2.17. The molecular formula is C29H23NO6. The first-order chi connectivity index (χ1) is 17.5. The number of furan rings is 1. The van der Waals surface area contributed by atoms with Gasteiger partial charge < -0.3 is 14.3 Å². The number of ketones is 1. The fourth-order valence-corrected chi connectivity index (χ4v) is 4.34. The molecule has 1 aliphatic rings. The normalized spacial score (nSPS) is 15.5. The fourth-order valence-electron chi connectivity index (χ4n) is 4.34. The Morgan fingerprint density at radius 1 is 0.972 bits per heavy atom. The average Bonchev–Trinajstić information content (AvgIpc) is 3.46. The third-order valence-electron chi connectivity index (χ3n) is 6.01. The molecule has 1 aromatic heterocycles. The van der Waals surface area contributed by atoms with Crippen molar-refractivity contribution in [2.75, 3.05) is 11.5 Å². The Hall–Kier alpha value is -4.65. The number of anilines is 1. The van der Waals surface area contributed by atoms with Crippen LogP contribution >= 0.6 is 0 Å². The SMILES string of the molecule is CCCOC(=O)c1cccc(N2C(=O)C(O)=C(C(=O)c3cc4ccccc4o3)C2c2ccccc2)c1. The molecule has 3 aromatic carbocycles. The molecule has 7 heteroatoms. The summed E-state index contributed by atoms with van der Waals surface area (Å²) >= 11 is 0. The van der Waals surface area contributed by atoms with Crippen LogP contribution in [-0.2, 0) is 9.53 Å². The van der Waals surface area contributed by atoms with Gasteiger partial charge in [0, 0.05) is 11.1 Å². The summed E-state index contributed by atoms with van der Waals surface area (Å²) in [6.07, 6.45) is 0.678. The highest BCUT2D eigenvalue weighted by Gasteiger charge is 2.45. The number of rotatable bonds is 7. The Morgan fingerprint density at radius 2 is 1.72 bits per heavy atom. The number of Topliss-reactive ketones (excluding diaryl/α,β-unsaturated/α-hetero) is 1. The van der Waals surface area contributed by atoms with Crippen LogP contribution in [0.15, 0.2) is 101 Å². The largest absolute Gasteiger partial charge is 0.503 e. The maximum atomic E-state index is 13.7. The number of aliphatic hydroxyl groups is 1. The van der Waals surface area contributed by atoms with Gasteiger partial charge in [-0.2, -0.15) is 0 Å². The molecule has 180 valence electrons. The summed E-state index contributed by atoms with van der Waals surface area (Å²) in [5.41, 5.74) is 1.66. The van der Waals surface area contributed by atoms with Gasteiger partial charge in [-0.25, -0.2) is 4.79 Å². The van der Waals surface area contributed by atoms with E-state index in [1.165, 1.54) is 11.0 Å². The number of carbonyl (C=O) groups is 3. The van der Waals surface area contributed by atoms with Gasteiger partial charge in [-0.05, 0) is 42.3 Å². The number of ether oxygens (including phenoxy) is 1. The van der Waals surface area contributed by atoms with Crippen molar-refractivity contribution in [1.29, 1.82) is 0 Å². The number of esters is 1. The summed E-state index contributed by atoms with van der Waals surface area (Å²) in [5, 5.41) is 11.7. The second kappa shape index (κ2) is 9.54. The van der Waals surface area contributed by atoms with Crippen LogP contribution in [0.1, 0.15) is 45.9 Å². The summed E-state index contributed by atoms with van der Waals surface area (Å²) in [7, 11) is 0. The third-order valence-corrected chi connectivity index (χ3v) is 6.01. The maximum Gasteiger partial charge on any atom is 0.338 e. The molecule has 0 bridgehead atoms. The van der Waals surface area contributed by atoms with Crippen LogP contribution in [0.2, 0.25) is 0 Å². The van der Waals surface area contributed by atoms with Crippen molar-refractivity contribution in [3.05, 3.63) is 113 Å². The molecule has 2 heterocycles. The fraction of sp³-hybridized carbons (Fsp3) is 0.138. The van der Waals surface area contributed by atoms with E-state index in [0.717, 1.165) is 5.39 Å². The minimum absolute atomic E-state index is 0.0187. The summed E-state index contributed by atoms with van der Waals surface area (Å²) in [6, 6.07) is 23.2. The van der Waals surface area contributed by atoms with Gasteiger partial charge in [0.2, 0.25) is 5.78 Å². The average molecular weight is 482 g/mol. The molecule has 1 N–H and O–H groups in total. The summed E-state index contributed by atoms with van der Waals surface area (Å²) in [5.74, 6) is -2.50. The molecule has 0 fully saturated rings. The van der Waals surface area contributed by atoms with Crippen LogP contribution in [-0.4, -0.2) is 29.4 Å². The Labute approximate surface area is 207 Å². The van der Waals surface area contributed by atoms with E-state index in [0.29, 0.717) is 23.3 Å². The molecule has 1 unspecified atom stereocenters. The van der Waals surface area contributed by atoms with E-state index in [-0.39, 0.29) is 23.5 Å². The van der Waals surface area contributed by atoms with E-state index in [1.54, 1.807) is 60.7 Å². The highest BCUT2D eigenvalue weighted by molar-refractivity contribution is 6.20. The standard InChI is InChI=1S/C29H23NO6/c1-2-15-35-29(34)20-12-8-13-21(16-20)30-25(18-9-4-3-5-10-18)24(27(32)28(30)33)26(31)23-17-19-11-6-7-14-22(19)36-23/h3-14,16-17,25,32H,2,15H2,1H3. The second-order valence-corrected chi connectivity index (χ2v) is 8.41. The predicted molar refractivity (Wildman–Crippen MR) is 134 cm³/mol. The quantitative estimate of drug-likeness (QED) is 0.265. The molecule has 4 aromatic rings. The van der Waals surface area contributed by atoms with Gasteiger partial charge >= 0.3 is 5.97 Å². The highest BCUT2D eigenvalue weighted by Crippen LogP contribution is 2.42. The van der Waals surface area contributed by atoms with E-state index in [1.807, 2.05) is 25.1 Å². The van der Waals surface area contributed by atoms with E-state index < -0.39 is 29.5 Å². The van der Waals surface area contributed by atoms with E-state index in [9.17, 15) is 19.5 Å². The summed E-state index contributed by atoms with van der Waals surface area (Å²) in [4.78, 5) is 40.8. The third kappa shape index (κ3) is 4.05. The number of benzene rings is 3. The van der Waals surface area contributed by atoms with Gasteiger partial charge in [-0.3, -0.25) is 14.5 Å². The molecule has 0 spiro atoms. The molecular weight excluding hydrogens is 458 g/mol. The van der Waals surface area contributed by atoms with E-state index >= 15 is 0 Å². The molecule has 0 radical (unpaired) electrons. The number of hydrogen-bond donors (Lipinski definition) is 1. The van der Waals surface area contributed by atoms with Crippen LogP contribution in [0.4, 0.5) is 5.69 Å². The second-order valence-electron chi connectivity index (χ2n) is 8.41. The predicted octanol–water partition coefficient (Wildman–Crippen LogP) is 5.78. The number of amides is 1. The molecule has 7 nitrogen and oxygen atoms in total. The smallest absolute Gasteiger partial charge is 0.338 e. The summed E-state index contributed by atoms with van der Waals surface area (Å²) < 4.78 is 11.0. The number of para-hydroxylation sites is 1. The van der Waals surface area contributed by atoms with Gasteiger partial charge in [-0.1, -0.05) is 61.5 Å². The van der Waals surface area contributed by atoms with Crippen LogP contribution in [0.25, 0.3) is 11.0 Å². The monoisotopic (exact) mass is 481 g/mol. The van der Waals surface area contributed by atoms with Gasteiger partial charge in [0.25, 0.3) is 5.91 Å². The van der Waals surface area contributed by atoms with Crippen molar-refractivity contribution >= 4 is 34.3 Å². The number of nitrogens with zero attached hydrogens (tertiary/aromatic N) is 1. The lowest BCUT2D eigenvalue weighted by atomic mass is 9.94. The Morgan fingerprint density at radius 3 is 2.47 bits per heavy atom. The lowest BCUT2D eigenvalue weighted by molar-refractivity contribution is -0.117. The highest BCUT2D eigenvalue weighted by atomic mass is 16.5. The van der Waals surface area contributed by atoms with Crippen LogP contribution in [0.5, 0.6) is 0 Å².